The van der Waals surface area contributed by atoms with Gasteiger partial charge in [0.25, 0.3) is 5.91 Å². The molecule has 0 radical (unpaired) electrons. The Morgan fingerprint density at radius 3 is 2.29 bits per heavy atom. The van der Waals surface area contributed by atoms with Gasteiger partial charge in [0, 0.05) is 36.7 Å². The molecule has 3 N–H and O–H groups in total. The van der Waals surface area contributed by atoms with Crippen LogP contribution in [0.15, 0.2) is 54.6 Å². The Kier molecular flexibility index (Phi) is 8.07. The van der Waals surface area contributed by atoms with Gasteiger partial charge in [-0.3, -0.25) is 14.4 Å². The molecule has 3 fully saturated rings. The molecule has 1 saturated heterocycles. The molecule has 2 aliphatic carbocycles. The molecule has 2 saturated carbocycles. The van der Waals surface area contributed by atoms with E-state index in [1.807, 2.05) is 35.2 Å². The summed E-state index contributed by atoms with van der Waals surface area (Å²) in [5.41, 5.74) is 7.51. The van der Waals surface area contributed by atoms with E-state index >= 15 is 0 Å². The summed E-state index contributed by atoms with van der Waals surface area (Å²) in [6, 6.07) is 14.7. The van der Waals surface area contributed by atoms with Gasteiger partial charge in [-0.05, 0) is 81.2 Å². The first-order chi connectivity index (χ1) is 18.4. The molecule has 3 amide bonds. The lowest BCUT2D eigenvalue weighted by molar-refractivity contribution is -0.135. The minimum absolute atomic E-state index is 0.0337. The summed E-state index contributed by atoms with van der Waals surface area (Å²) in [4.78, 5) is 44.0. The number of rotatable bonds is 8. The van der Waals surface area contributed by atoms with E-state index in [1.165, 1.54) is 24.3 Å². The summed E-state index contributed by atoms with van der Waals surface area (Å²) in [5.74, 6) is -0.785. The first-order valence-electron chi connectivity index (χ1n) is 13.9. The van der Waals surface area contributed by atoms with Crippen LogP contribution in [0.2, 0.25) is 0 Å². The zero-order valence-electron chi connectivity index (χ0n) is 21.7. The SMILES string of the molecule is NC1CCC(NC(=O)C2CC(N(CCc3ccccc3)C(=O)C3CC3)CN2C(=O)c2ccc(F)cc2)CC1. The standard InChI is InChI=1S/C30H37FN4O3/c31-23-10-8-22(9-11-23)30(38)35-19-26(18-27(35)28(36)33-25-14-12-24(32)13-15-25)34(29(37)21-6-7-21)17-16-20-4-2-1-3-5-20/h1-5,8-11,21,24-27H,6-7,12-19,32H2,(H,33,36). The van der Waals surface area contributed by atoms with Crippen LogP contribution in [0.3, 0.4) is 0 Å². The zero-order chi connectivity index (χ0) is 26.6. The summed E-state index contributed by atoms with van der Waals surface area (Å²) in [6.07, 6.45) is 6.23. The minimum Gasteiger partial charge on any atom is -0.352 e. The third-order valence-electron chi connectivity index (χ3n) is 8.19. The lowest BCUT2D eigenvalue weighted by Gasteiger charge is -2.30. The summed E-state index contributed by atoms with van der Waals surface area (Å²) in [6.45, 7) is 0.814. The minimum atomic E-state index is -0.695. The molecule has 2 unspecified atom stereocenters. The lowest BCUT2D eigenvalue weighted by atomic mass is 9.91. The van der Waals surface area contributed by atoms with Crippen molar-refractivity contribution in [2.75, 3.05) is 13.1 Å². The highest BCUT2D eigenvalue weighted by atomic mass is 19.1. The van der Waals surface area contributed by atoms with Crippen LogP contribution in [-0.4, -0.2) is 64.8 Å². The number of carbonyl (C=O) groups is 3. The maximum atomic E-state index is 13.6. The van der Waals surface area contributed by atoms with Gasteiger partial charge >= 0.3 is 0 Å². The molecule has 1 heterocycles. The van der Waals surface area contributed by atoms with E-state index in [0.717, 1.165) is 44.1 Å². The van der Waals surface area contributed by atoms with E-state index in [1.54, 1.807) is 4.90 Å². The Morgan fingerprint density at radius 1 is 0.947 bits per heavy atom. The monoisotopic (exact) mass is 520 g/mol. The third-order valence-corrected chi connectivity index (χ3v) is 8.19. The second-order valence-electron chi connectivity index (χ2n) is 11.0. The van der Waals surface area contributed by atoms with Crippen molar-refractivity contribution >= 4 is 17.7 Å². The molecule has 0 aromatic heterocycles. The highest BCUT2D eigenvalue weighted by molar-refractivity contribution is 5.98. The number of nitrogens with zero attached hydrogens (tertiary/aromatic N) is 2. The maximum Gasteiger partial charge on any atom is 0.254 e. The lowest BCUT2D eigenvalue weighted by Crippen LogP contribution is -2.50. The number of halogens is 1. The molecular formula is C30H37FN4O3. The molecule has 2 aromatic carbocycles. The van der Waals surface area contributed by atoms with Crippen molar-refractivity contribution in [2.45, 2.75) is 75.5 Å². The quantitative estimate of drug-likeness (QED) is 0.559. The molecular weight excluding hydrogens is 483 g/mol. The van der Waals surface area contributed by atoms with Crippen LogP contribution in [0.4, 0.5) is 4.39 Å². The normalized spacial score (nSPS) is 25.2. The van der Waals surface area contributed by atoms with E-state index < -0.39 is 11.9 Å². The van der Waals surface area contributed by atoms with Crippen LogP contribution >= 0.6 is 0 Å². The zero-order valence-corrected chi connectivity index (χ0v) is 21.7. The van der Waals surface area contributed by atoms with Crippen molar-refractivity contribution < 1.29 is 18.8 Å². The number of hydrogen-bond acceptors (Lipinski definition) is 4. The molecule has 7 nitrogen and oxygen atoms in total. The van der Waals surface area contributed by atoms with Gasteiger partial charge in [-0.25, -0.2) is 4.39 Å². The number of carbonyl (C=O) groups excluding carboxylic acids is 3. The average molecular weight is 521 g/mol. The number of benzene rings is 2. The maximum absolute atomic E-state index is 13.6. The predicted octanol–water partition coefficient (Wildman–Crippen LogP) is 3.28. The van der Waals surface area contributed by atoms with Crippen molar-refractivity contribution in [3.63, 3.8) is 0 Å². The Balaban J connectivity index is 1.36. The number of nitrogens with one attached hydrogen (secondary N) is 1. The van der Waals surface area contributed by atoms with Crippen LogP contribution in [0.1, 0.15) is 60.9 Å². The highest BCUT2D eigenvalue weighted by Gasteiger charge is 2.45. The Morgan fingerprint density at radius 2 is 1.63 bits per heavy atom. The fraction of sp³-hybridized carbons (Fsp3) is 0.500. The first-order valence-corrected chi connectivity index (χ1v) is 13.9. The number of likely N-dealkylation sites (tertiary alicyclic amines) is 1. The van der Waals surface area contributed by atoms with Crippen LogP contribution in [0.5, 0.6) is 0 Å². The third kappa shape index (κ3) is 6.23. The summed E-state index contributed by atoms with van der Waals surface area (Å²) >= 11 is 0. The molecule has 38 heavy (non-hydrogen) atoms. The van der Waals surface area contributed by atoms with Crippen molar-refractivity contribution in [3.05, 3.63) is 71.5 Å². The summed E-state index contributed by atoms with van der Waals surface area (Å²) in [5, 5.41) is 3.16. The number of amides is 3. The fourth-order valence-corrected chi connectivity index (χ4v) is 5.76. The molecule has 8 heteroatoms. The van der Waals surface area contributed by atoms with E-state index in [0.29, 0.717) is 24.9 Å². The average Bonchev–Trinajstić information content (AvgIpc) is 3.69. The van der Waals surface area contributed by atoms with E-state index in [-0.39, 0.29) is 48.3 Å². The van der Waals surface area contributed by atoms with Gasteiger partial charge in [-0.15, -0.1) is 0 Å². The molecule has 1 aliphatic heterocycles. The Hall–Kier alpha value is -3.26. The van der Waals surface area contributed by atoms with Gasteiger partial charge in [0.15, 0.2) is 0 Å². The molecule has 3 aliphatic rings. The van der Waals surface area contributed by atoms with Gasteiger partial charge in [0.1, 0.15) is 11.9 Å². The highest BCUT2D eigenvalue weighted by Crippen LogP contribution is 2.34. The van der Waals surface area contributed by atoms with Gasteiger partial charge in [-0.2, -0.15) is 0 Å². The topological polar surface area (TPSA) is 95.7 Å². The van der Waals surface area contributed by atoms with Gasteiger partial charge in [-0.1, -0.05) is 30.3 Å². The predicted molar refractivity (Wildman–Crippen MR) is 143 cm³/mol. The molecule has 0 spiro atoms. The van der Waals surface area contributed by atoms with E-state index in [9.17, 15) is 18.8 Å². The molecule has 2 atom stereocenters. The fourth-order valence-electron chi connectivity index (χ4n) is 5.76. The van der Waals surface area contributed by atoms with Crippen LogP contribution in [0.25, 0.3) is 0 Å². The van der Waals surface area contributed by atoms with Crippen LogP contribution < -0.4 is 11.1 Å². The Bertz CT molecular complexity index is 1130. The van der Waals surface area contributed by atoms with Crippen molar-refractivity contribution in [3.8, 4) is 0 Å². The van der Waals surface area contributed by atoms with Gasteiger partial charge in [0.05, 0.1) is 6.04 Å². The molecule has 202 valence electrons. The first kappa shape index (κ1) is 26.4. The van der Waals surface area contributed by atoms with Gasteiger partial charge in [0.2, 0.25) is 11.8 Å². The van der Waals surface area contributed by atoms with Crippen LogP contribution in [0, 0.1) is 11.7 Å². The van der Waals surface area contributed by atoms with Crippen molar-refractivity contribution in [1.29, 1.82) is 0 Å². The second kappa shape index (κ2) is 11.6. The van der Waals surface area contributed by atoms with E-state index in [4.69, 9.17) is 5.73 Å². The Labute approximate surface area is 223 Å². The number of nitrogens with two attached hydrogens (primary N) is 1. The number of hydrogen-bond donors (Lipinski definition) is 2. The molecule has 5 rings (SSSR count). The largest absolute Gasteiger partial charge is 0.352 e. The molecule has 2 aromatic rings. The summed E-state index contributed by atoms with van der Waals surface area (Å²) in [7, 11) is 0. The van der Waals surface area contributed by atoms with Gasteiger partial charge < -0.3 is 20.9 Å². The summed E-state index contributed by atoms with van der Waals surface area (Å²) < 4.78 is 13.5. The smallest absolute Gasteiger partial charge is 0.254 e. The van der Waals surface area contributed by atoms with E-state index in [2.05, 4.69) is 5.32 Å². The second-order valence-corrected chi connectivity index (χ2v) is 11.0. The molecule has 0 bridgehead atoms. The van der Waals surface area contributed by atoms with Crippen LogP contribution in [-0.2, 0) is 16.0 Å². The van der Waals surface area contributed by atoms with Crippen molar-refractivity contribution in [2.24, 2.45) is 11.7 Å². The van der Waals surface area contributed by atoms with Crippen molar-refractivity contribution in [1.82, 2.24) is 15.1 Å².